The van der Waals surface area contributed by atoms with E-state index in [1.54, 1.807) is 38.5 Å². The SMILES string of the molecule is COc1ccccc1C(CNC(=O)CCCN1C(=O)c2ccccc2C1=O)OC. The van der Waals surface area contributed by atoms with Crippen LogP contribution in [0.4, 0.5) is 0 Å². The third-order valence-electron chi connectivity index (χ3n) is 4.92. The van der Waals surface area contributed by atoms with E-state index in [-0.39, 0.29) is 36.8 Å². The summed E-state index contributed by atoms with van der Waals surface area (Å²) >= 11 is 0. The fraction of sp³-hybridized carbons (Fsp3) is 0.318. The molecule has 0 spiro atoms. The number of carbonyl (C=O) groups excluding carboxylic acids is 3. The number of nitrogens with zero attached hydrogens (tertiary/aromatic N) is 1. The van der Waals surface area contributed by atoms with E-state index in [9.17, 15) is 14.4 Å². The van der Waals surface area contributed by atoms with Gasteiger partial charge in [-0.3, -0.25) is 19.3 Å². The Morgan fingerprint density at radius 1 is 1.00 bits per heavy atom. The Kier molecular flexibility index (Phi) is 6.61. The molecule has 1 N–H and O–H groups in total. The van der Waals surface area contributed by atoms with E-state index in [1.165, 1.54) is 4.90 Å². The zero-order valence-corrected chi connectivity index (χ0v) is 16.5. The number of nitrogens with one attached hydrogen (secondary N) is 1. The molecular weight excluding hydrogens is 372 g/mol. The van der Waals surface area contributed by atoms with E-state index in [0.29, 0.717) is 29.8 Å². The van der Waals surface area contributed by atoms with Crippen molar-refractivity contribution >= 4 is 17.7 Å². The van der Waals surface area contributed by atoms with Gasteiger partial charge in [-0.1, -0.05) is 30.3 Å². The molecule has 1 aliphatic heterocycles. The first kappa shape index (κ1) is 20.5. The number of imide groups is 1. The molecule has 0 fully saturated rings. The third kappa shape index (κ3) is 4.46. The van der Waals surface area contributed by atoms with Gasteiger partial charge in [-0.05, 0) is 24.6 Å². The highest BCUT2D eigenvalue weighted by atomic mass is 16.5. The van der Waals surface area contributed by atoms with Crippen LogP contribution < -0.4 is 10.1 Å². The molecule has 7 nitrogen and oxygen atoms in total. The van der Waals surface area contributed by atoms with Crippen LogP contribution in [0, 0.1) is 0 Å². The number of para-hydroxylation sites is 1. The van der Waals surface area contributed by atoms with Crippen molar-refractivity contribution in [3.8, 4) is 5.75 Å². The second-order valence-electron chi connectivity index (χ2n) is 6.68. The summed E-state index contributed by atoms with van der Waals surface area (Å²) in [5.41, 5.74) is 1.69. The normalized spacial score (nSPS) is 13.9. The van der Waals surface area contributed by atoms with Crippen LogP contribution in [-0.4, -0.2) is 49.9 Å². The zero-order chi connectivity index (χ0) is 20.8. The smallest absolute Gasteiger partial charge is 0.261 e. The molecule has 0 radical (unpaired) electrons. The number of amides is 3. The minimum Gasteiger partial charge on any atom is -0.496 e. The molecular formula is C22H24N2O5. The lowest BCUT2D eigenvalue weighted by atomic mass is 10.1. The monoisotopic (exact) mass is 396 g/mol. The number of hydrogen-bond donors (Lipinski definition) is 1. The zero-order valence-electron chi connectivity index (χ0n) is 16.5. The molecule has 3 amide bonds. The minimum atomic E-state index is -0.341. The van der Waals surface area contributed by atoms with Gasteiger partial charge >= 0.3 is 0 Å². The van der Waals surface area contributed by atoms with Gasteiger partial charge in [0.2, 0.25) is 5.91 Å². The average Bonchev–Trinajstić information content (AvgIpc) is 2.99. The molecule has 152 valence electrons. The predicted molar refractivity (Wildman–Crippen MR) is 107 cm³/mol. The number of benzene rings is 2. The van der Waals surface area contributed by atoms with Crippen molar-refractivity contribution in [3.05, 3.63) is 65.2 Å². The largest absolute Gasteiger partial charge is 0.496 e. The van der Waals surface area contributed by atoms with E-state index in [4.69, 9.17) is 9.47 Å². The second kappa shape index (κ2) is 9.34. The van der Waals surface area contributed by atoms with Gasteiger partial charge in [0.15, 0.2) is 0 Å². The minimum absolute atomic E-state index is 0.168. The van der Waals surface area contributed by atoms with Gasteiger partial charge in [-0.15, -0.1) is 0 Å². The Bertz CT molecular complexity index is 877. The molecule has 29 heavy (non-hydrogen) atoms. The highest BCUT2D eigenvalue weighted by Crippen LogP contribution is 2.26. The van der Waals surface area contributed by atoms with E-state index in [0.717, 1.165) is 5.56 Å². The van der Waals surface area contributed by atoms with Crippen LogP contribution in [0.5, 0.6) is 5.75 Å². The average molecular weight is 396 g/mol. The summed E-state index contributed by atoms with van der Waals surface area (Å²) in [4.78, 5) is 38.1. The van der Waals surface area contributed by atoms with Gasteiger partial charge in [0.05, 0.1) is 18.2 Å². The van der Waals surface area contributed by atoms with E-state index < -0.39 is 0 Å². The molecule has 0 saturated carbocycles. The van der Waals surface area contributed by atoms with Crippen LogP contribution in [0.15, 0.2) is 48.5 Å². The highest BCUT2D eigenvalue weighted by molar-refractivity contribution is 6.21. The number of fused-ring (bicyclic) bond motifs is 1. The number of methoxy groups -OCH3 is 2. The Labute approximate surface area is 169 Å². The van der Waals surface area contributed by atoms with Crippen molar-refractivity contribution in [1.29, 1.82) is 0 Å². The first-order valence-electron chi connectivity index (χ1n) is 9.44. The highest BCUT2D eigenvalue weighted by Gasteiger charge is 2.34. The maximum Gasteiger partial charge on any atom is 0.261 e. The predicted octanol–water partition coefficient (Wildman–Crippen LogP) is 2.58. The summed E-state index contributed by atoms with van der Waals surface area (Å²) in [6.07, 6.45) is 0.255. The lowest BCUT2D eigenvalue weighted by Crippen LogP contribution is -2.33. The lowest BCUT2D eigenvalue weighted by molar-refractivity contribution is -0.121. The Hall–Kier alpha value is -3.19. The van der Waals surface area contributed by atoms with Gasteiger partial charge in [0, 0.05) is 32.2 Å². The molecule has 0 saturated heterocycles. The molecule has 0 aromatic heterocycles. The molecule has 2 aromatic carbocycles. The number of ether oxygens (including phenoxy) is 2. The molecule has 0 aliphatic carbocycles. The maximum atomic E-state index is 12.3. The van der Waals surface area contributed by atoms with Crippen molar-refractivity contribution in [2.24, 2.45) is 0 Å². The molecule has 1 heterocycles. The molecule has 2 aromatic rings. The summed E-state index contributed by atoms with van der Waals surface area (Å²) < 4.78 is 10.8. The fourth-order valence-electron chi connectivity index (χ4n) is 3.39. The van der Waals surface area contributed by atoms with Gasteiger partial charge in [0.25, 0.3) is 11.8 Å². The molecule has 1 aliphatic rings. The van der Waals surface area contributed by atoms with Crippen LogP contribution in [0.3, 0.4) is 0 Å². The number of hydrogen-bond acceptors (Lipinski definition) is 5. The Morgan fingerprint density at radius 2 is 1.62 bits per heavy atom. The number of rotatable bonds is 9. The first-order chi connectivity index (χ1) is 14.1. The Balaban J connectivity index is 1.48. The van der Waals surface area contributed by atoms with Gasteiger partial charge in [-0.2, -0.15) is 0 Å². The first-order valence-corrected chi connectivity index (χ1v) is 9.44. The van der Waals surface area contributed by atoms with Gasteiger partial charge < -0.3 is 14.8 Å². The van der Waals surface area contributed by atoms with Crippen LogP contribution in [0.2, 0.25) is 0 Å². The van der Waals surface area contributed by atoms with Crippen LogP contribution >= 0.6 is 0 Å². The van der Waals surface area contributed by atoms with E-state index in [2.05, 4.69) is 5.32 Å². The second-order valence-corrected chi connectivity index (χ2v) is 6.68. The molecule has 1 unspecified atom stereocenters. The Morgan fingerprint density at radius 3 is 2.24 bits per heavy atom. The van der Waals surface area contributed by atoms with E-state index in [1.807, 2.05) is 24.3 Å². The van der Waals surface area contributed by atoms with Crippen molar-refractivity contribution in [3.63, 3.8) is 0 Å². The van der Waals surface area contributed by atoms with Crippen LogP contribution in [0.25, 0.3) is 0 Å². The molecule has 3 rings (SSSR count). The summed E-state index contributed by atoms with van der Waals surface area (Å²) in [5.74, 6) is -0.0824. The molecule has 0 bridgehead atoms. The third-order valence-corrected chi connectivity index (χ3v) is 4.92. The molecule has 1 atom stereocenters. The lowest BCUT2D eigenvalue weighted by Gasteiger charge is -2.19. The van der Waals surface area contributed by atoms with Gasteiger partial charge in [0.1, 0.15) is 11.9 Å². The molecule has 7 heteroatoms. The standard InChI is InChI=1S/C22H24N2O5/c1-28-18-11-6-5-10-17(18)19(29-2)14-23-20(25)12-7-13-24-21(26)15-8-3-4-9-16(15)22(24)27/h3-6,8-11,19H,7,12-14H2,1-2H3,(H,23,25). The topological polar surface area (TPSA) is 84.9 Å². The number of carbonyl (C=O) groups is 3. The van der Waals surface area contributed by atoms with Crippen LogP contribution in [-0.2, 0) is 9.53 Å². The van der Waals surface area contributed by atoms with Crippen molar-refractivity contribution in [2.45, 2.75) is 18.9 Å². The van der Waals surface area contributed by atoms with Crippen molar-refractivity contribution in [2.75, 3.05) is 27.3 Å². The van der Waals surface area contributed by atoms with Crippen LogP contribution in [0.1, 0.15) is 45.2 Å². The van der Waals surface area contributed by atoms with Crippen molar-refractivity contribution in [1.82, 2.24) is 10.2 Å². The van der Waals surface area contributed by atoms with E-state index >= 15 is 0 Å². The summed E-state index contributed by atoms with van der Waals surface area (Å²) in [6, 6.07) is 14.2. The summed E-state index contributed by atoms with van der Waals surface area (Å²) in [7, 11) is 3.16. The maximum absolute atomic E-state index is 12.3. The van der Waals surface area contributed by atoms with Crippen molar-refractivity contribution < 1.29 is 23.9 Å². The fourth-order valence-corrected chi connectivity index (χ4v) is 3.39. The summed E-state index contributed by atoms with van der Waals surface area (Å²) in [6.45, 7) is 0.503. The van der Waals surface area contributed by atoms with Gasteiger partial charge in [-0.25, -0.2) is 0 Å². The quantitative estimate of drug-likeness (QED) is 0.659. The summed E-state index contributed by atoms with van der Waals surface area (Å²) in [5, 5.41) is 2.84.